The SMILES string of the molecule is CN1C(=O)CN=C(c2ccccc2)c2cnccc21. The highest BCUT2D eigenvalue weighted by Crippen LogP contribution is 2.24. The predicted molar refractivity (Wildman–Crippen MR) is 74.6 cm³/mol. The van der Waals surface area contributed by atoms with Gasteiger partial charge in [0.15, 0.2) is 0 Å². The van der Waals surface area contributed by atoms with Crippen LogP contribution in [0.15, 0.2) is 53.8 Å². The molecule has 2 heterocycles. The first-order valence-electron chi connectivity index (χ1n) is 6.08. The lowest BCUT2D eigenvalue weighted by Gasteiger charge is -2.17. The lowest BCUT2D eigenvalue weighted by Crippen LogP contribution is -2.27. The number of amides is 1. The van der Waals surface area contributed by atoms with Crippen LogP contribution in [-0.2, 0) is 4.79 Å². The predicted octanol–water partition coefficient (Wildman–Crippen LogP) is 1.90. The standard InChI is InChI=1S/C15H13N3O/c1-18-13-7-8-16-9-12(13)15(17-10-14(18)19)11-5-3-2-4-6-11/h2-9H,10H2,1H3. The van der Waals surface area contributed by atoms with Crippen molar-refractivity contribution in [3.05, 3.63) is 59.9 Å². The molecular formula is C15H13N3O. The molecule has 1 aliphatic heterocycles. The highest BCUT2D eigenvalue weighted by atomic mass is 16.2. The van der Waals surface area contributed by atoms with E-state index in [-0.39, 0.29) is 12.5 Å². The molecule has 4 nitrogen and oxygen atoms in total. The average Bonchev–Trinajstić information content (AvgIpc) is 2.59. The fraction of sp³-hybridized carbons (Fsp3) is 0.133. The Balaban J connectivity index is 2.20. The molecule has 0 unspecified atom stereocenters. The molecular weight excluding hydrogens is 238 g/mol. The number of carbonyl (C=O) groups excluding carboxylic acids is 1. The minimum atomic E-state index is -0.0154. The van der Waals surface area contributed by atoms with E-state index in [4.69, 9.17) is 0 Å². The van der Waals surface area contributed by atoms with E-state index in [2.05, 4.69) is 9.98 Å². The number of likely N-dealkylation sites (N-methyl/N-ethyl adjacent to an activating group) is 1. The van der Waals surface area contributed by atoms with E-state index < -0.39 is 0 Å². The highest BCUT2D eigenvalue weighted by Gasteiger charge is 2.22. The summed E-state index contributed by atoms with van der Waals surface area (Å²) in [6.07, 6.45) is 3.45. The van der Waals surface area contributed by atoms with Crippen LogP contribution in [0.2, 0.25) is 0 Å². The van der Waals surface area contributed by atoms with Crippen molar-refractivity contribution in [3.8, 4) is 0 Å². The molecule has 0 saturated heterocycles. The van der Waals surface area contributed by atoms with Gasteiger partial charge >= 0.3 is 0 Å². The van der Waals surface area contributed by atoms with Crippen molar-refractivity contribution in [3.63, 3.8) is 0 Å². The molecule has 0 fully saturated rings. The molecule has 0 saturated carbocycles. The van der Waals surface area contributed by atoms with Crippen molar-refractivity contribution >= 4 is 17.3 Å². The molecule has 4 heteroatoms. The maximum Gasteiger partial charge on any atom is 0.248 e. The molecule has 1 aromatic carbocycles. The third-order valence-corrected chi connectivity index (χ3v) is 3.21. The molecule has 1 aromatic heterocycles. The first-order valence-corrected chi connectivity index (χ1v) is 6.08. The van der Waals surface area contributed by atoms with Gasteiger partial charge in [-0.2, -0.15) is 0 Å². The molecule has 1 aliphatic rings. The minimum absolute atomic E-state index is 0.0154. The van der Waals surface area contributed by atoms with Gasteiger partial charge in [0.2, 0.25) is 5.91 Å². The number of benzene rings is 1. The van der Waals surface area contributed by atoms with E-state index in [0.717, 1.165) is 22.5 Å². The summed E-state index contributed by atoms with van der Waals surface area (Å²) < 4.78 is 0. The minimum Gasteiger partial charge on any atom is -0.313 e. The van der Waals surface area contributed by atoms with E-state index in [0.29, 0.717) is 0 Å². The number of rotatable bonds is 1. The number of pyridine rings is 1. The van der Waals surface area contributed by atoms with E-state index in [1.165, 1.54) is 0 Å². The normalized spacial score (nSPS) is 14.7. The van der Waals surface area contributed by atoms with E-state index in [1.807, 2.05) is 36.4 Å². The van der Waals surface area contributed by atoms with Gasteiger partial charge < -0.3 is 4.90 Å². The van der Waals surface area contributed by atoms with Crippen LogP contribution in [0.25, 0.3) is 0 Å². The lowest BCUT2D eigenvalue weighted by molar-refractivity contribution is -0.116. The fourth-order valence-electron chi connectivity index (χ4n) is 2.18. The molecule has 3 rings (SSSR count). The second kappa shape index (κ2) is 4.65. The zero-order valence-corrected chi connectivity index (χ0v) is 10.6. The molecule has 0 N–H and O–H groups in total. The number of hydrogen-bond acceptors (Lipinski definition) is 3. The van der Waals surface area contributed by atoms with Gasteiger partial charge in [-0.1, -0.05) is 30.3 Å². The summed E-state index contributed by atoms with van der Waals surface area (Å²) >= 11 is 0. The number of anilines is 1. The number of carbonyl (C=O) groups is 1. The van der Waals surface area contributed by atoms with Crippen LogP contribution in [0.1, 0.15) is 11.1 Å². The fourth-order valence-corrected chi connectivity index (χ4v) is 2.18. The summed E-state index contributed by atoms with van der Waals surface area (Å²) in [4.78, 5) is 22.2. The zero-order chi connectivity index (χ0) is 13.2. The van der Waals surface area contributed by atoms with Gasteiger partial charge in [-0.15, -0.1) is 0 Å². The molecule has 0 spiro atoms. The van der Waals surface area contributed by atoms with Crippen molar-refractivity contribution in [2.24, 2.45) is 4.99 Å². The van der Waals surface area contributed by atoms with Crippen LogP contribution in [0.4, 0.5) is 5.69 Å². The zero-order valence-electron chi connectivity index (χ0n) is 10.6. The van der Waals surface area contributed by atoms with Gasteiger partial charge in [0, 0.05) is 30.6 Å². The Labute approximate surface area is 111 Å². The van der Waals surface area contributed by atoms with Crippen molar-refractivity contribution < 1.29 is 4.79 Å². The highest BCUT2D eigenvalue weighted by molar-refractivity contribution is 6.19. The van der Waals surface area contributed by atoms with E-state index in [9.17, 15) is 4.79 Å². The Morgan fingerprint density at radius 3 is 2.74 bits per heavy atom. The third kappa shape index (κ3) is 2.01. The van der Waals surface area contributed by atoms with Crippen molar-refractivity contribution in [1.29, 1.82) is 0 Å². The monoisotopic (exact) mass is 251 g/mol. The van der Waals surface area contributed by atoms with Crippen molar-refractivity contribution in [1.82, 2.24) is 4.98 Å². The Bertz CT molecular complexity index is 649. The topological polar surface area (TPSA) is 45.6 Å². The lowest BCUT2D eigenvalue weighted by atomic mass is 10.0. The van der Waals surface area contributed by atoms with Gasteiger partial charge in [0.1, 0.15) is 6.54 Å². The Morgan fingerprint density at radius 2 is 1.95 bits per heavy atom. The first-order chi connectivity index (χ1) is 9.27. The van der Waals surface area contributed by atoms with Crippen LogP contribution in [-0.4, -0.2) is 30.2 Å². The second-order valence-corrected chi connectivity index (χ2v) is 4.38. The maximum atomic E-state index is 12.0. The smallest absolute Gasteiger partial charge is 0.248 e. The van der Waals surface area contributed by atoms with Gasteiger partial charge in [0.05, 0.1) is 11.4 Å². The van der Waals surface area contributed by atoms with Crippen LogP contribution in [0, 0.1) is 0 Å². The summed E-state index contributed by atoms with van der Waals surface area (Å²) in [5, 5.41) is 0. The van der Waals surface area contributed by atoms with E-state index in [1.54, 1.807) is 24.3 Å². The molecule has 94 valence electrons. The Hall–Kier alpha value is -2.49. The van der Waals surface area contributed by atoms with Gasteiger partial charge in [0.25, 0.3) is 0 Å². The number of nitrogens with zero attached hydrogens (tertiary/aromatic N) is 3. The molecule has 0 atom stereocenters. The van der Waals surface area contributed by atoms with Gasteiger partial charge in [-0.3, -0.25) is 14.8 Å². The molecule has 0 radical (unpaired) electrons. The summed E-state index contributed by atoms with van der Waals surface area (Å²) in [5.41, 5.74) is 3.56. The summed E-state index contributed by atoms with van der Waals surface area (Å²) in [7, 11) is 1.77. The van der Waals surface area contributed by atoms with Crippen molar-refractivity contribution in [2.75, 3.05) is 18.5 Å². The maximum absolute atomic E-state index is 12.0. The van der Waals surface area contributed by atoms with Gasteiger partial charge in [-0.25, -0.2) is 0 Å². The van der Waals surface area contributed by atoms with E-state index >= 15 is 0 Å². The molecule has 1 amide bonds. The second-order valence-electron chi connectivity index (χ2n) is 4.38. The molecule has 19 heavy (non-hydrogen) atoms. The molecule has 0 bridgehead atoms. The number of hydrogen-bond donors (Lipinski definition) is 0. The van der Waals surface area contributed by atoms with Crippen LogP contribution in [0.5, 0.6) is 0 Å². The third-order valence-electron chi connectivity index (χ3n) is 3.21. The number of fused-ring (bicyclic) bond motifs is 1. The average molecular weight is 251 g/mol. The summed E-state index contributed by atoms with van der Waals surface area (Å²) in [5.74, 6) is -0.0154. The quantitative estimate of drug-likeness (QED) is 0.777. The number of aromatic nitrogens is 1. The number of aliphatic imine (C=N–C) groups is 1. The first kappa shape index (κ1) is 11.6. The van der Waals surface area contributed by atoms with Crippen molar-refractivity contribution in [2.45, 2.75) is 0 Å². The van der Waals surface area contributed by atoms with Gasteiger partial charge in [-0.05, 0) is 6.07 Å². The largest absolute Gasteiger partial charge is 0.313 e. The summed E-state index contributed by atoms with van der Waals surface area (Å²) in [6, 6.07) is 11.7. The summed E-state index contributed by atoms with van der Waals surface area (Å²) in [6.45, 7) is 0.162. The Kier molecular flexibility index (Phi) is 2.83. The molecule has 2 aromatic rings. The molecule has 0 aliphatic carbocycles. The Morgan fingerprint density at radius 1 is 1.16 bits per heavy atom. The van der Waals surface area contributed by atoms with Crippen LogP contribution in [0.3, 0.4) is 0 Å². The van der Waals surface area contributed by atoms with Crippen LogP contribution >= 0.6 is 0 Å². The van der Waals surface area contributed by atoms with Crippen LogP contribution < -0.4 is 4.90 Å².